The van der Waals surface area contributed by atoms with Gasteiger partial charge in [-0.3, -0.25) is 4.79 Å². The monoisotopic (exact) mass is 261 g/mol. The lowest BCUT2D eigenvalue weighted by molar-refractivity contribution is -0.121. The van der Waals surface area contributed by atoms with Crippen LogP contribution in [-0.4, -0.2) is 17.3 Å². The number of nitrogens with one attached hydrogen (secondary N) is 1. The highest BCUT2D eigenvalue weighted by Gasteiger charge is 2.23. The van der Waals surface area contributed by atoms with Gasteiger partial charge in [0.2, 0.25) is 5.91 Å². The molecule has 82 valence electrons. The van der Waals surface area contributed by atoms with Gasteiger partial charge in [-0.15, -0.1) is 0 Å². The van der Waals surface area contributed by atoms with Crippen molar-refractivity contribution in [3.8, 4) is 0 Å². The van der Waals surface area contributed by atoms with Crippen LogP contribution in [0.1, 0.15) is 45.4 Å². The first-order valence-electron chi connectivity index (χ1n) is 5.57. The van der Waals surface area contributed by atoms with Crippen LogP contribution in [0.5, 0.6) is 0 Å². The van der Waals surface area contributed by atoms with Crippen LogP contribution >= 0.6 is 15.9 Å². The Morgan fingerprint density at radius 2 is 2.21 bits per heavy atom. The fourth-order valence-corrected chi connectivity index (χ4v) is 2.04. The third-order valence-electron chi connectivity index (χ3n) is 2.58. The maximum Gasteiger partial charge on any atom is 0.220 e. The van der Waals surface area contributed by atoms with E-state index in [0.717, 1.165) is 24.1 Å². The smallest absolute Gasteiger partial charge is 0.220 e. The van der Waals surface area contributed by atoms with Crippen molar-refractivity contribution in [2.75, 3.05) is 5.33 Å². The second kappa shape index (κ2) is 6.44. The van der Waals surface area contributed by atoms with Crippen molar-refractivity contribution in [1.29, 1.82) is 0 Å². The number of rotatable bonds is 7. The van der Waals surface area contributed by atoms with Gasteiger partial charge >= 0.3 is 0 Å². The van der Waals surface area contributed by atoms with Gasteiger partial charge in [0.25, 0.3) is 0 Å². The molecular formula is C11H20BrNO. The molecule has 3 heteroatoms. The lowest BCUT2D eigenvalue weighted by Gasteiger charge is -2.12. The quantitative estimate of drug-likeness (QED) is 0.554. The maximum atomic E-state index is 11.4. The summed E-state index contributed by atoms with van der Waals surface area (Å²) in [7, 11) is 0. The molecule has 1 rings (SSSR count). The molecule has 1 unspecified atom stereocenters. The molecule has 1 fully saturated rings. The van der Waals surface area contributed by atoms with E-state index in [1.807, 2.05) is 0 Å². The predicted octanol–water partition coefficient (Wildman–Crippen LogP) is 2.86. The highest BCUT2D eigenvalue weighted by molar-refractivity contribution is 9.09. The van der Waals surface area contributed by atoms with Gasteiger partial charge < -0.3 is 5.32 Å². The van der Waals surface area contributed by atoms with Gasteiger partial charge in [-0.05, 0) is 32.1 Å². The molecule has 0 aromatic heterocycles. The van der Waals surface area contributed by atoms with Crippen molar-refractivity contribution < 1.29 is 4.79 Å². The summed E-state index contributed by atoms with van der Waals surface area (Å²) in [6.07, 6.45) is 6.66. The van der Waals surface area contributed by atoms with E-state index in [-0.39, 0.29) is 5.91 Å². The Morgan fingerprint density at radius 3 is 2.79 bits per heavy atom. The van der Waals surface area contributed by atoms with Crippen molar-refractivity contribution in [3.63, 3.8) is 0 Å². The van der Waals surface area contributed by atoms with Crippen LogP contribution in [0.2, 0.25) is 0 Å². The zero-order chi connectivity index (χ0) is 10.4. The summed E-state index contributed by atoms with van der Waals surface area (Å²) in [5.74, 6) is 1.12. The molecule has 0 bridgehead atoms. The number of carbonyl (C=O) groups excluding carboxylic acids is 1. The highest BCUT2D eigenvalue weighted by Crippen LogP contribution is 2.33. The topological polar surface area (TPSA) is 29.1 Å². The van der Waals surface area contributed by atoms with Gasteiger partial charge in [0.05, 0.1) is 0 Å². The molecule has 1 aliphatic carbocycles. The lowest BCUT2D eigenvalue weighted by atomic mass is 10.1. The van der Waals surface area contributed by atoms with Crippen molar-refractivity contribution in [2.24, 2.45) is 5.92 Å². The predicted molar refractivity (Wildman–Crippen MR) is 62.6 cm³/mol. The molecule has 0 aliphatic heterocycles. The van der Waals surface area contributed by atoms with Gasteiger partial charge in [0.15, 0.2) is 0 Å². The van der Waals surface area contributed by atoms with E-state index in [1.165, 1.54) is 19.3 Å². The Balaban J connectivity index is 1.99. The number of unbranched alkanes of at least 4 members (excludes halogenated alkanes) is 1. The zero-order valence-corrected chi connectivity index (χ0v) is 10.5. The third kappa shape index (κ3) is 5.63. The highest BCUT2D eigenvalue weighted by atomic mass is 79.9. The van der Waals surface area contributed by atoms with Crippen LogP contribution in [-0.2, 0) is 4.79 Å². The SMILES string of the molecule is CC(CC1CC1)NC(=O)CCCCBr. The number of hydrogen-bond acceptors (Lipinski definition) is 1. The van der Waals surface area contributed by atoms with Crippen LogP contribution in [0, 0.1) is 5.92 Å². The summed E-state index contributed by atoms with van der Waals surface area (Å²) in [6.45, 7) is 2.11. The second-order valence-corrected chi connectivity index (χ2v) is 5.09. The molecular weight excluding hydrogens is 242 g/mol. The molecule has 0 spiro atoms. The van der Waals surface area contributed by atoms with Gasteiger partial charge in [0.1, 0.15) is 0 Å². The molecule has 0 aromatic carbocycles. The normalized spacial score (nSPS) is 17.9. The summed E-state index contributed by atoms with van der Waals surface area (Å²) in [4.78, 5) is 11.4. The number of carbonyl (C=O) groups is 1. The van der Waals surface area contributed by atoms with Gasteiger partial charge in [-0.25, -0.2) is 0 Å². The molecule has 1 amide bonds. The molecule has 0 heterocycles. The first-order chi connectivity index (χ1) is 6.72. The number of hydrogen-bond donors (Lipinski definition) is 1. The Bertz CT molecular complexity index is 180. The lowest BCUT2D eigenvalue weighted by Crippen LogP contribution is -2.32. The van der Waals surface area contributed by atoms with Crippen molar-refractivity contribution in [3.05, 3.63) is 0 Å². The molecule has 1 saturated carbocycles. The van der Waals surface area contributed by atoms with Crippen molar-refractivity contribution in [1.82, 2.24) is 5.32 Å². The Hall–Kier alpha value is -0.0500. The van der Waals surface area contributed by atoms with Crippen LogP contribution in [0.3, 0.4) is 0 Å². The zero-order valence-electron chi connectivity index (χ0n) is 8.89. The largest absolute Gasteiger partial charge is 0.354 e. The molecule has 1 atom stereocenters. The molecule has 0 radical (unpaired) electrons. The summed E-state index contributed by atoms with van der Waals surface area (Å²) >= 11 is 3.36. The Morgan fingerprint density at radius 1 is 1.50 bits per heavy atom. The second-order valence-electron chi connectivity index (χ2n) is 4.29. The molecule has 0 aromatic rings. The van der Waals surface area contributed by atoms with Crippen LogP contribution in [0.4, 0.5) is 0 Å². The first kappa shape index (κ1) is 12.0. The molecule has 14 heavy (non-hydrogen) atoms. The molecule has 1 N–H and O–H groups in total. The van der Waals surface area contributed by atoms with Gasteiger partial charge in [0, 0.05) is 17.8 Å². The van der Waals surface area contributed by atoms with E-state index in [4.69, 9.17) is 0 Å². The van der Waals surface area contributed by atoms with E-state index < -0.39 is 0 Å². The van der Waals surface area contributed by atoms with E-state index in [0.29, 0.717) is 12.5 Å². The number of amides is 1. The molecule has 0 saturated heterocycles. The summed E-state index contributed by atoms with van der Waals surface area (Å²) in [5.41, 5.74) is 0. The molecule has 1 aliphatic rings. The standard InChI is InChI=1S/C11H20BrNO/c1-9(8-10-5-6-10)13-11(14)4-2-3-7-12/h9-10H,2-8H2,1H3,(H,13,14). The number of halogens is 1. The van der Waals surface area contributed by atoms with E-state index >= 15 is 0 Å². The first-order valence-corrected chi connectivity index (χ1v) is 6.70. The minimum atomic E-state index is 0.221. The summed E-state index contributed by atoms with van der Waals surface area (Å²) < 4.78 is 0. The van der Waals surface area contributed by atoms with E-state index in [2.05, 4.69) is 28.2 Å². The summed E-state index contributed by atoms with van der Waals surface area (Å²) in [5, 5.41) is 4.05. The minimum absolute atomic E-state index is 0.221. The van der Waals surface area contributed by atoms with E-state index in [9.17, 15) is 4.79 Å². The van der Waals surface area contributed by atoms with Gasteiger partial charge in [-0.1, -0.05) is 28.8 Å². The fraction of sp³-hybridized carbons (Fsp3) is 0.909. The average Bonchev–Trinajstić information content (AvgIpc) is 2.88. The van der Waals surface area contributed by atoms with Crippen LogP contribution in [0.25, 0.3) is 0 Å². The summed E-state index contributed by atoms with van der Waals surface area (Å²) in [6, 6.07) is 0.374. The minimum Gasteiger partial charge on any atom is -0.354 e. The van der Waals surface area contributed by atoms with Crippen molar-refractivity contribution >= 4 is 21.8 Å². The van der Waals surface area contributed by atoms with Crippen molar-refractivity contribution in [2.45, 2.75) is 51.5 Å². The fourth-order valence-electron chi connectivity index (χ4n) is 1.64. The third-order valence-corrected chi connectivity index (χ3v) is 3.14. The Labute approximate surface area is 95.0 Å². The number of alkyl halides is 1. The maximum absolute atomic E-state index is 11.4. The van der Waals surface area contributed by atoms with Crippen LogP contribution < -0.4 is 5.32 Å². The average molecular weight is 262 g/mol. The Kier molecular flexibility index (Phi) is 5.53. The van der Waals surface area contributed by atoms with Crippen LogP contribution in [0.15, 0.2) is 0 Å². The molecule has 2 nitrogen and oxygen atoms in total. The van der Waals surface area contributed by atoms with Gasteiger partial charge in [-0.2, -0.15) is 0 Å². The van der Waals surface area contributed by atoms with E-state index in [1.54, 1.807) is 0 Å².